The summed E-state index contributed by atoms with van der Waals surface area (Å²) in [4.78, 5) is 15.6. The van der Waals surface area contributed by atoms with Crippen molar-refractivity contribution in [2.24, 2.45) is 5.73 Å². The van der Waals surface area contributed by atoms with Crippen LogP contribution in [0.4, 0.5) is 0 Å². The Bertz CT molecular complexity index is 335. The second kappa shape index (κ2) is 5.61. The molecule has 0 spiro atoms. The molecule has 0 aromatic carbocycles. The van der Waals surface area contributed by atoms with E-state index in [0.717, 1.165) is 12.0 Å². The molecule has 0 saturated heterocycles. The van der Waals surface area contributed by atoms with Gasteiger partial charge in [-0.3, -0.25) is 9.78 Å². The van der Waals surface area contributed by atoms with E-state index in [2.05, 4.69) is 10.3 Å². The van der Waals surface area contributed by atoms with Crippen LogP contribution in [0.5, 0.6) is 0 Å². The first kappa shape index (κ1) is 12.6. The fraction of sp³-hybridized carbons (Fsp3) is 0.500. The van der Waals surface area contributed by atoms with Crippen molar-refractivity contribution >= 4 is 5.91 Å². The highest BCUT2D eigenvalue weighted by molar-refractivity contribution is 5.85. The van der Waals surface area contributed by atoms with Gasteiger partial charge in [0.15, 0.2) is 0 Å². The van der Waals surface area contributed by atoms with Crippen LogP contribution in [0.2, 0.25) is 0 Å². The highest BCUT2D eigenvalue weighted by Gasteiger charge is 2.25. The number of carbonyl (C=O) groups excluding carboxylic acids is 1. The Morgan fingerprint density at radius 3 is 2.94 bits per heavy atom. The van der Waals surface area contributed by atoms with Gasteiger partial charge in [0, 0.05) is 18.9 Å². The molecule has 4 nitrogen and oxygen atoms in total. The predicted octanol–water partition coefficient (Wildman–Crippen LogP) is 0.868. The van der Waals surface area contributed by atoms with Gasteiger partial charge in [0.1, 0.15) is 0 Å². The molecule has 0 bridgehead atoms. The molecule has 88 valence electrons. The van der Waals surface area contributed by atoms with Crippen molar-refractivity contribution in [2.45, 2.75) is 32.2 Å². The van der Waals surface area contributed by atoms with Crippen molar-refractivity contribution in [3.8, 4) is 0 Å². The molecule has 1 aromatic heterocycles. The third-order valence-corrected chi connectivity index (χ3v) is 2.68. The Hall–Kier alpha value is -1.42. The highest BCUT2D eigenvalue weighted by atomic mass is 16.2. The number of nitrogens with zero attached hydrogens (tertiary/aromatic N) is 1. The van der Waals surface area contributed by atoms with E-state index in [9.17, 15) is 4.79 Å². The van der Waals surface area contributed by atoms with Crippen molar-refractivity contribution < 1.29 is 4.79 Å². The van der Waals surface area contributed by atoms with E-state index in [4.69, 9.17) is 5.73 Å². The van der Waals surface area contributed by atoms with Gasteiger partial charge >= 0.3 is 0 Å². The van der Waals surface area contributed by atoms with E-state index >= 15 is 0 Å². The molecule has 0 aliphatic carbocycles. The van der Waals surface area contributed by atoms with E-state index in [0.29, 0.717) is 13.0 Å². The molecule has 16 heavy (non-hydrogen) atoms. The number of hydrogen-bond acceptors (Lipinski definition) is 3. The zero-order chi connectivity index (χ0) is 12.0. The number of nitrogens with one attached hydrogen (secondary N) is 1. The fourth-order valence-electron chi connectivity index (χ4n) is 1.23. The normalized spacial score (nSPS) is 14.2. The second-order valence-corrected chi connectivity index (χ2v) is 4.14. The molecule has 1 aromatic rings. The molecule has 1 rings (SSSR count). The number of carbonyl (C=O) groups is 1. The summed E-state index contributed by atoms with van der Waals surface area (Å²) in [7, 11) is 0. The van der Waals surface area contributed by atoms with Gasteiger partial charge in [-0.2, -0.15) is 0 Å². The highest BCUT2D eigenvalue weighted by Crippen LogP contribution is 2.04. The van der Waals surface area contributed by atoms with Crippen LogP contribution in [-0.2, 0) is 11.2 Å². The molecule has 3 N–H and O–H groups in total. The first-order valence-corrected chi connectivity index (χ1v) is 5.52. The Balaban J connectivity index is 2.34. The van der Waals surface area contributed by atoms with Gasteiger partial charge in [-0.05, 0) is 31.4 Å². The first-order valence-electron chi connectivity index (χ1n) is 5.52. The Labute approximate surface area is 96.3 Å². The number of aromatic nitrogens is 1. The lowest BCUT2D eigenvalue weighted by molar-refractivity contribution is -0.125. The average molecular weight is 221 g/mol. The number of rotatable bonds is 5. The van der Waals surface area contributed by atoms with Gasteiger partial charge in [0.25, 0.3) is 0 Å². The molecule has 1 unspecified atom stereocenters. The van der Waals surface area contributed by atoms with E-state index in [-0.39, 0.29) is 5.91 Å². The van der Waals surface area contributed by atoms with Gasteiger partial charge in [0.2, 0.25) is 5.91 Å². The maximum atomic E-state index is 11.6. The van der Waals surface area contributed by atoms with E-state index in [1.54, 1.807) is 19.3 Å². The number of nitrogens with two attached hydrogens (primary N) is 1. The molecule has 0 fully saturated rings. The average Bonchev–Trinajstić information content (AvgIpc) is 2.30. The van der Waals surface area contributed by atoms with Crippen molar-refractivity contribution in [3.05, 3.63) is 30.1 Å². The molecule has 0 radical (unpaired) electrons. The SMILES string of the molecule is CCC(C)(N)C(=O)NCCc1cccnc1. The Kier molecular flexibility index (Phi) is 4.43. The van der Waals surface area contributed by atoms with Crippen LogP contribution in [0.1, 0.15) is 25.8 Å². The summed E-state index contributed by atoms with van der Waals surface area (Å²) in [5.74, 6) is -0.0982. The third kappa shape index (κ3) is 3.62. The quantitative estimate of drug-likeness (QED) is 0.775. The van der Waals surface area contributed by atoms with Gasteiger partial charge in [0.05, 0.1) is 5.54 Å². The summed E-state index contributed by atoms with van der Waals surface area (Å²) in [6.07, 6.45) is 4.94. The minimum absolute atomic E-state index is 0.0982. The number of amides is 1. The summed E-state index contributed by atoms with van der Waals surface area (Å²) < 4.78 is 0. The minimum atomic E-state index is -0.769. The third-order valence-electron chi connectivity index (χ3n) is 2.68. The van der Waals surface area contributed by atoms with E-state index in [1.165, 1.54) is 0 Å². The summed E-state index contributed by atoms with van der Waals surface area (Å²) in [6, 6.07) is 3.87. The fourth-order valence-corrected chi connectivity index (χ4v) is 1.23. The van der Waals surface area contributed by atoms with Gasteiger partial charge in [-0.15, -0.1) is 0 Å². The van der Waals surface area contributed by atoms with Crippen molar-refractivity contribution in [3.63, 3.8) is 0 Å². The van der Waals surface area contributed by atoms with Crippen molar-refractivity contribution in [1.82, 2.24) is 10.3 Å². The van der Waals surface area contributed by atoms with Crippen LogP contribution in [0, 0.1) is 0 Å². The summed E-state index contributed by atoms with van der Waals surface area (Å²) >= 11 is 0. The topological polar surface area (TPSA) is 68.0 Å². The zero-order valence-electron chi connectivity index (χ0n) is 9.86. The lowest BCUT2D eigenvalue weighted by Crippen LogP contribution is -2.51. The standard InChI is InChI=1S/C12H19N3O/c1-3-12(2,13)11(16)15-8-6-10-5-4-7-14-9-10/h4-5,7,9H,3,6,8,13H2,1-2H3,(H,15,16). The van der Waals surface area contributed by atoms with Crippen LogP contribution in [0.3, 0.4) is 0 Å². The van der Waals surface area contributed by atoms with E-state index in [1.807, 2.05) is 19.1 Å². The lowest BCUT2D eigenvalue weighted by Gasteiger charge is -2.21. The molecule has 0 aliphatic heterocycles. The smallest absolute Gasteiger partial charge is 0.239 e. The maximum absolute atomic E-state index is 11.6. The number of hydrogen-bond donors (Lipinski definition) is 2. The Morgan fingerprint density at radius 2 is 2.38 bits per heavy atom. The summed E-state index contributed by atoms with van der Waals surface area (Å²) in [6.45, 7) is 4.24. The van der Waals surface area contributed by atoms with Crippen LogP contribution in [0.25, 0.3) is 0 Å². The summed E-state index contributed by atoms with van der Waals surface area (Å²) in [5.41, 5.74) is 6.15. The molecular formula is C12H19N3O. The monoisotopic (exact) mass is 221 g/mol. The van der Waals surface area contributed by atoms with Crippen molar-refractivity contribution in [2.75, 3.05) is 6.54 Å². The van der Waals surface area contributed by atoms with Crippen LogP contribution < -0.4 is 11.1 Å². The zero-order valence-corrected chi connectivity index (χ0v) is 9.86. The molecule has 1 atom stereocenters. The van der Waals surface area contributed by atoms with Crippen LogP contribution in [-0.4, -0.2) is 23.0 Å². The van der Waals surface area contributed by atoms with Gasteiger partial charge in [-0.25, -0.2) is 0 Å². The molecular weight excluding hydrogens is 202 g/mol. The van der Waals surface area contributed by atoms with Gasteiger partial charge in [-0.1, -0.05) is 13.0 Å². The molecule has 1 amide bonds. The predicted molar refractivity (Wildman–Crippen MR) is 63.8 cm³/mol. The maximum Gasteiger partial charge on any atom is 0.239 e. The Morgan fingerprint density at radius 1 is 1.62 bits per heavy atom. The minimum Gasteiger partial charge on any atom is -0.354 e. The van der Waals surface area contributed by atoms with Gasteiger partial charge < -0.3 is 11.1 Å². The molecule has 0 saturated carbocycles. The molecule has 4 heteroatoms. The molecule has 1 heterocycles. The van der Waals surface area contributed by atoms with Crippen molar-refractivity contribution in [1.29, 1.82) is 0 Å². The largest absolute Gasteiger partial charge is 0.354 e. The van der Waals surface area contributed by atoms with Crippen LogP contribution >= 0.6 is 0 Å². The number of pyridine rings is 1. The summed E-state index contributed by atoms with van der Waals surface area (Å²) in [5, 5.41) is 2.83. The lowest BCUT2D eigenvalue weighted by atomic mass is 9.99. The first-order chi connectivity index (χ1) is 7.56. The van der Waals surface area contributed by atoms with Crippen LogP contribution in [0.15, 0.2) is 24.5 Å². The second-order valence-electron chi connectivity index (χ2n) is 4.14. The molecule has 0 aliphatic rings. The van der Waals surface area contributed by atoms with E-state index < -0.39 is 5.54 Å².